The Kier molecular flexibility index (Phi) is 2.13. The Morgan fingerprint density at radius 3 is 2.73 bits per heavy atom. The number of piperidine rings is 1. The topological polar surface area (TPSA) is 16.4 Å². The van der Waals surface area contributed by atoms with Crippen molar-refractivity contribution >= 4 is 0 Å². The third kappa shape index (κ3) is 1.51. The molecule has 1 saturated heterocycles. The average molecular weight is 205 g/mol. The van der Waals surface area contributed by atoms with E-state index < -0.39 is 0 Å². The molecule has 0 saturated carbocycles. The Labute approximate surface area is 91.3 Å². The van der Waals surface area contributed by atoms with E-state index in [1.165, 1.54) is 43.0 Å². The van der Waals surface area contributed by atoms with Crippen LogP contribution in [0.3, 0.4) is 0 Å². The van der Waals surface area contributed by atoms with Gasteiger partial charge >= 0.3 is 0 Å². The van der Waals surface area contributed by atoms with Crippen LogP contribution in [0.5, 0.6) is 0 Å². The van der Waals surface area contributed by atoms with Crippen molar-refractivity contribution in [2.45, 2.75) is 45.1 Å². The standard InChI is InChI=1S/C13H19NO/c1-9(2)12-7-11-8-14-5-3-10(4-6-14)13(11)15-12/h7,9-10H,3-6,8H2,1-2H3. The highest BCUT2D eigenvalue weighted by Crippen LogP contribution is 2.38. The number of furan rings is 1. The van der Waals surface area contributed by atoms with E-state index in [1.807, 2.05) is 0 Å². The summed E-state index contributed by atoms with van der Waals surface area (Å²) < 4.78 is 6.05. The van der Waals surface area contributed by atoms with E-state index in [0.29, 0.717) is 11.8 Å². The van der Waals surface area contributed by atoms with E-state index in [2.05, 4.69) is 24.8 Å². The lowest BCUT2D eigenvalue weighted by atomic mass is 9.95. The highest BCUT2D eigenvalue weighted by atomic mass is 16.3. The molecule has 82 valence electrons. The summed E-state index contributed by atoms with van der Waals surface area (Å²) in [6.07, 6.45) is 2.58. The highest BCUT2D eigenvalue weighted by molar-refractivity contribution is 5.28. The van der Waals surface area contributed by atoms with Gasteiger partial charge in [0, 0.05) is 23.9 Å². The van der Waals surface area contributed by atoms with E-state index >= 15 is 0 Å². The predicted molar refractivity (Wildman–Crippen MR) is 60.0 cm³/mol. The van der Waals surface area contributed by atoms with Crippen LogP contribution in [0.2, 0.25) is 0 Å². The van der Waals surface area contributed by atoms with E-state index in [9.17, 15) is 0 Å². The lowest BCUT2D eigenvalue weighted by Crippen LogP contribution is -2.28. The van der Waals surface area contributed by atoms with Gasteiger partial charge in [0.05, 0.1) is 0 Å². The van der Waals surface area contributed by atoms with Crippen molar-refractivity contribution in [2.75, 3.05) is 13.1 Å². The first-order chi connectivity index (χ1) is 7.24. The van der Waals surface area contributed by atoms with Gasteiger partial charge in [-0.25, -0.2) is 0 Å². The first-order valence-electron chi connectivity index (χ1n) is 6.09. The molecular formula is C13H19NO. The zero-order chi connectivity index (χ0) is 10.4. The zero-order valence-corrected chi connectivity index (χ0v) is 9.62. The Hall–Kier alpha value is -0.760. The molecule has 2 heteroatoms. The SMILES string of the molecule is CC(C)c1cc2c(o1)C1CCN(CC1)C2. The molecule has 0 unspecified atom stereocenters. The molecule has 1 fully saturated rings. The number of hydrogen-bond acceptors (Lipinski definition) is 2. The molecule has 1 aromatic heterocycles. The molecule has 4 rings (SSSR count). The van der Waals surface area contributed by atoms with Crippen molar-refractivity contribution in [3.63, 3.8) is 0 Å². The Balaban J connectivity index is 2.01. The summed E-state index contributed by atoms with van der Waals surface area (Å²) in [4.78, 5) is 2.56. The molecule has 0 N–H and O–H groups in total. The average Bonchev–Trinajstić information content (AvgIpc) is 2.51. The molecule has 1 aromatic rings. The quantitative estimate of drug-likeness (QED) is 0.700. The normalized spacial score (nSPS) is 29.3. The lowest BCUT2D eigenvalue weighted by molar-refractivity contribution is 0.214. The fourth-order valence-corrected chi connectivity index (χ4v) is 2.81. The number of nitrogens with zero attached hydrogens (tertiary/aromatic N) is 1. The molecule has 0 spiro atoms. The molecule has 2 nitrogen and oxygen atoms in total. The van der Waals surface area contributed by atoms with Crippen LogP contribution in [0, 0.1) is 0 Å². The van der Waals surface area contributed by atoms with Crippen LogP contribution >= 0.6 is 0 Å². The minimum atomic E-state index is 0.519. The third-order valence-electron chi connectivity index (χ3n) is 3.78. The van der Waals surface area contributed by atoms with Gasteiger partial charge in [-0.05, 0) is 32.0 Å². The van der Waals surface area contributed by atoms with Crippen molar-refractivity contribution in [3.8, 4) is 0 Å². The Morgan fingerprint density at radius 2 is 2.07 bits per heavy atom. The van der Waals surface area contributed by atoms with Gasteiger partial charge < -0.3 is 4.42 Å². The summed E-state index contributed by atoms with van der Waals surface area (Å²) in [5.74, 6) is 3.70. The van der Waals surface area contributed by atoms with Gasteiger partial charge in [-0.1, -0.05) is 13.8 Å². The summed E-state index contributed by atoms with van der Waals surface area (Å²) in [6.45, 7) is 8.03. The molecule has 0 aliphatic carbocycles. The van der Waals surface area contributed by atoms with Crippen LogP contribution in [-0.2, 0) is 6.54 Å². The van der Waals surface area contributed by atoms with Crippen LogP contribution in [0.25, 0.3) is 0 Å². The van der Waals surface area contributed by atoms with Crippen molar-refractivity contribution in [1.82, 2.24) is 4.90 Å². The molecule has 0 atom stereocenters. The van der Waals surface area contributed by atoms with Crippen molar-refractivity contribution in [3.05, 3.63) is 23.2 Å². The maximum atomic E-state index is 6.05. The number of fused-ring (bicyclic) bond motifs is 2. The van der Waals surface area contributed by atoms with E-state index in [1.54, 1.807) is 0 Å². The second-order valence-corrected chi connectivity index (χ2v) is 5.24. The van der Waals surface area contributed by atoms with Gasteiger partial charge in [0.1, 0.15) is 11.5 Å². The largest absolute Gasteiger partial charge is 0.465 e. The van der Waals surface area contributed by atoms with Crippen molar-refractivity contribution < 1.29 is 4.42 Å². The highest BCUT2D eigenvalue weighted by Gasteiger charge is 2.31. The molecule has 4 heterocycles. The second kappa shape index (κ2) is 3.38. The zero-order valence-electron chi connectivity index (χ0n) is 9.62. The Bertz CT molecular complexity index is 359. The van der Waals surface area contributed by atoms with E-state index in [4.69, 9.17) is 4.42 Å². The molecule has 2 bridgehead atoms. The van der Waals surface area contributed by atoms with Gasteiger partial charge in [0.15, 0.2) is 0 Å². The molecule has 3 aliphatic heterocycles. The lowest BCUT2D eigenvalue weighted by Gasteiger charge is -2.26. The van der Waals surface area contributed by atoms with E-state index in [-0.39, 0.29) is 0 Å². The van der Waals surface area contributed by atoms with Gasteiger partial charge in [0.25, 0.3) is 0 Å². The van der Waals surface area contributed by atoms with E-state index in [0.717, 1.165) is 6.54 Å². The second-order valence-electron chi connectivity index (χ2n) is 5.24. The van der Waals surface area contributed by atoms with Crippen LogP contribution < -0.4 is 0 Å². The molecule has 3 aliphatic rings. The van der Waals surface area contributed by atoms with Crippen LogP contribution in [0.4, 0.5) is 0 Å². The third-order valence-corrected chi connectivity index (χ3v) is 3.78. The summed E-state index contributed by atoms with van der Waals surface area (Å²) in [5, 5.41) is 0. The maximum absolute atomic E-state index is 6.05. The Morgan fingerprint density at radius 1 is 1.33 bits per heavy atom. The first kappa shape index (κ1) is 9.46. The van der Waals surface area contributed by atoms with Crippen LogP contribution in [0.1, 0.15) is 55.6 Å². The molecular weight excluding hydrogens is 186 g/mol. The summed E-state index contributed by atoms with van der Waals surface area (Å²) in [6, 6.07) is 2.29. The summed E-state index contributed by atoms with van der Waals surface area (Å²) >= 11 is 0. The van der Waals surface area contributed by atoms with Crippen LogP contribution in [-0.4, -0.2) is 18.0 Å². The van der Waals surface area contributed by atoms with Gasteiger partial charge in [0.2, 0.25) is 0 Å². The maximum Gasteiger partial charge on any atom is 0.111 e. The van der Waals surface area contributed by atoms with Crippen molar-refractivity contribution in [2.24, 2.45) is 0 Å². The molecule has 0 amide bonds. The van der Waals surface area contributed by atoms with Gasteiger partial charge in [-0.3, -0.25) is 4.90 Å². The minimum absolute atomic E-state index is 0.519. The van der Waals surface area contributed by atoms with Crippen molar-refractivity contribution in [1.29, 1.82) is 0 Å². The molecule has 0 aromatic carbocycles. The first-order valence-corrected chi connectivity index (χ1v) is 6.09. The minimum Gasteiger partial charge on any atom is -0.465 e. The fraction of sp³-hybridized carbons (Fsp3) is 0.692. The summed E-state index contributed by atoms with van der Waals surface area (Å²) in [5.41, 5.74) is 1.46. The summed E-state index contributed by atoms with van der Waals surface area (Å²) in [7, 11) is 0. The molecule has 0 radical (unpaired) electrons. The number of rotatable bonds is 1. The van der Waals surface area contributed by atoms with Gasteiger partial charge in [-0.15, -0.1) is 0 Å². The fourth-order valence-electron chi connectivity index (χ4n) is 2.81. The predicted octanol–water partition coefficient (Wildman–Crippen LogP) is 3.10. The molecule has 15 heavy (non-hydrogen) atoms. The van der Waals surface area contributed by atoms with Gasteiger partial charge in [-0.2, -0.15) is 0 Å². The van der Waals surface area contributed by atoms with Crippen LogP contribution in [0.15, 0.2) is 10.5 Å². The monoisotopic (exact) mass is 205 g/mol. The number of hydrogen-bond donors (Lipinski definition) is 0. The smallest absolute Gasteiger partial charge is 0.111 e.